The van der Waals surface area contributed by atoms with E-state index >= 15 is 0 Å². The topological polar surface area (TPSA) is 122 Å². The molecule has 0 fully saturated rings. The molecule has 0 aliphatic carbocycles. The smallest absolute Gasteiger partial charge is 0.271 e. The molecule has 8 nitrogen and oxygen atoms in total. The maximum atomic E-state index is 11.5. The minimum absolute atomic E-state index is 0.0544. The van der Waals surface area contributed by atoms with Crippen LogP contribution in [0.15, 0.2) is 42.5 Å². The van der Waals surface area contributed by atoms with Crippen LogP contribution in [-0.2, 0) is 4.79 Å². The highest BCUT2D eigenvalue weighted by molar-refractivity contribution is 5.96. The molecule has 0 unspecified atom stereocenters. The van der Waals surface area contributed by atoms with Crippen LogP contribution in [-0.4, -0.2) is 28.6 Å². The molecule has 0 radical (unpaired) electrons. The van der Waals surface area contributed by atoms with Crippen molar-refractivity contribution in [1.29, 1.82) is 0 Å². The zero-order chi connectivity index (χ0) is 18.4. The molecule has 2 aromatic rings. The van der Waals surface area contributed by atoms with Gasteiger partial charge in [0.1, 0.15) is 0 Å². The number of nitrogens with two attached hydrogens (primary N) is 1. The fraction of sp³-hybridized carbons (Fsp3) is 0.176. The van der Waals surface area contributed by atoms with Gasteiger partial charge in [0.15, 0.2) is 11.5 Å². The van der Waals surface area contributed by atoms with Gasteiger partial charge in [-0.25, -0.2) is 0 Å². The van der Waals surface area contributed by atoms with E-state index in [1.54, 1.807) is 24.3 Å². The molecule has 1 aromatic carbocycles. The number of hydrogen-bond donors (Lipinski definition) is 4. The Morgan fingerprint density at radius 3 is 2.52 bits per heavy atom. The van der Waals surface area contributed by atoms with E-state index in [4.69, 9.17) is 5.73 Å². The van der Waals surface area contributed by atoms with Crippen molar-refractivity contribution in [3.63, 3.8) is 0 Å². The van der Waals surface area contributed by atoms with Crippen molar-refractivity contribution in [3.05, 3.63) is 48.2 Å². The summed E-state index contributed by atoms with van der Waals surface area (Å²) in [5.74, 6) is -0.404. The first-order valence-corrected chi connectivity index (χ1v) is 7.55. The van der Waals surface area contributed by atoms with Crippen LogP contribution < -0.4 is 21.7 Å². The Bertz CT molecular complexity index is 819. The maximum Gasteiger partial charge on any atom is 0.271 e. The van der Waals surface area contributed by atoms with Crippen LogP contribution in [0.2, 0.25) is 0 Å². The highest BCUT2D eigenvalue weighted by Crippen LogP contribution is 2.22. The number of carbonyl (C=O) groups is 2. The fourth-order valence-electron chi connectivity index (χ4n) is 2.04. The summed E-state index contributed by atoms with van der Waals surface area (Å²) in [5.41, 5.74) is 8.10. The van der Waals surface area contributed by atoms with Gasteiger partial charge in [0.2, 0.25) is 5.91 Å². The second-order valence-corrected chi connectivity index (χ2v) is 5.55. The van der Waals surface area contributed by atoms with E-state index in [0.29, 0.717) is 29.4 Å². The first kappa shape index (κ1) is 17.9. The third-order valence-corrected chi connectivity index (χ3v) is 3.06. The van der Waals surface area contributed by atoms with Crippen LogP contribution in [0.5, 0.6) is 0 Å². The molecule has 0 aliphatic heterocycles. The number of nitrogens with one attached hydrogen (secondary N) is 3. The molecule has 8 heteroatoms. The predicted molar refractivity (Wildman–Crippen MR) is 97.9 cm³/mol. The summed E-state index contributed by atoms with van der Waals surface area (Å²) in [7, 11) is 0. The van der Waals surface area contributed by atoms with Gasteiger partial charge in [-0.2, -0.15) is 0 Å². The Hall–Kier alpha value is -3.42. The summed E-state index contributed by atoms with van der Waals surface area (Å²) in [6.07, 6.45) is 0. The van der Waals surface area contributed by atoms with Crippen LogP contribution >= 0.6 is 0 Å². The van der Waals surface area contributed by atoms with Crippen molar-refractivity contribution < 1.29 is 9.59 Å². The summed E-state index contributed by atoms with van der Waals surface area (Å²) in [6, 6.07) is 8.77. The molecule has 0 atom stereocenters. The Kier molecular flexibility index (Phi) is 5.67. The SMILES string of the molecule is C=C(C)CNc1cc(Nc2cccc(NC(C)=O)c2)nnc1C(N)=O. The Morgan fingerprint density at radius 2 is 1.88 bits per heavy atom. The largest absolute Gasteiger partial charge is 0.379 e. The number of hydrogen-bond acceptors (Lipinski definition) is 6. The molecule has 2 amide bonds. The lowest BCUT2D eigenvalue weighted by Crippen LogP contribution is -2.18. The summed E-state index contributed by atoms with van der Waals surface area (Å²) in [6.45, 7) is 7.58. The molecule has 5 N–H and O–H groups in total. The van der Waals surface area contributed by atoms with Crippen LogP contribution in [0.4, 0.5) is 22.9 Å². The van der Waals surface area contributed by atoms with Crippen molar-refractivity contribution in [3.8, 4) is 0 Å². The maximum absolute atomic E-state index is 11.5. The van der Waals surface area contributed by atoms with E-state index in [-0.39, 0.29) is 11.6 Å². The van der Waals surface area contributed by atoms with E-state index in [9.17, 15) is 9.59 Å². The molecule has 2 rings (SSSR count). The van der Waals surface area contributed by atoms with Gasteiger partial charge in [0.25, 0.3) is 5.91 Å². The monoisotopic (exact) mass is 340 g/mol. The first-order chi connectivity index (χ1) is 11.8. The minimum Gasteiger partial charge on any atom is -0.379 e. The van der Waals surface area contributed by atoms with Crippen molar-refractivity contribution >= 4 is 34.7 Å². The summed E-state index contributed by atoms with van der Waals surface area (Å²) >= 11 is 0. The molecule has 0 bridgehead atoms. The van der Waals surface area contributed by atoms with Crippen LogP contribution in [0, 0.1) is 0 Å². The van der Waals surface area contributed by atoms with E-state index in [1.165, 1.54) is 6.92 Å². The standard InChI is InChI=1S/C17H20N6O2/c1-10(2)9-19-14-8-15(22-23-16(14)17(18)25)21-13-6-4-5-12(7-13)20-11(3)24/h4-8H,1,9H2,2-3H3,(H2,18,25)(H,20,24)(H2,19,21,22). The van der Waals surface area contributed by atoms with E-state index in [0.717, 1.165) is 5.57 Å². The second-order valence-electron chi connectivity index (χ2n) is 5.55. The molecule has 0 saturated carbocycles. The van der Waals surface area contributed by atoms with Crippen LogP contribution in [0.1, 0.15) is 24.3 Å². The lowest BCUT2D eigenvalue weighted by molar-refractivity contribution is -0.114. The van der Waals surface area contributed by atoms with Gasteiger partial charge < -0.3 is 21.7 Å². The van der Waals surface area contributed by atoms with Gasteiger partial charge in [-0.3, -0.25) is 9.59 Å². The zero-order valence-electron chi connectivity index (χ0n) is 14.1. The molecule has 1 heterocycles. The number of aromatic nitrogens is 2. The third-order valence-electron chi connectivity index (χ3n) is 3.06. The highest BCUT2D eigenvalue weighted by Gasteiger charge is 2.12. The molecular formula is C17H20N6O2. The lowest BCUT2D eigenvalue weighted by Gasteiger charge is -2.12. The van der Waals surface area contributed by atoms with Crippen molar-refractivity contribution in [2.75, 3.05) is 22.5 Å². The van der Waals surface area contributed by atoms with Crippen LogP contribution in [0.25, 0.3) is 0 Å². The molecular weight excluding hydrogens is 320 g/mol. The number of rotatable bonds is 7. The van der Waals surface area contributed by atoms with Gasteiger partial charge in [0, 0.05) is 30.9 Å². The van der Waals surface area contributed by atoms with Gasteiger partial charge in [0.05, 0.1) is 5.69 Å². The molecule has 1 aromatic heterocycles. The van der Waals surface area contributed by atoms with Crippen LogP contribution in [0.3, 0.4) is 0 Å². The van der Waals surface area contributed by atoms with Gasteiger partial charge >= 0.3 is 0 Å². The van der Waals surface area contributed by atoms with Gasteiger partial charge in [-0.1, -0.05) is 18.2 Å². The van der Waals surface area contributed by atoms with Gasteiger partial charge in [-0.05, 0) is 25.1 Å². The Labute approximate surface area is 145 Å². The molecule has 25 heavy (non-hydrogen) atoms. The summed E-state index contributed by atoms with van der Waals surface area (Å²) < 4.78 is 0. The third kappa shape index (κ3) is 5.31. The summed E-state index contributed by atoms with van der Waals surface area (Å²) in [5, 5.41) is 16.7. The number of carbonyl (C=O) groups excluding carboxylic acids is 2. The lowest BCUT2D eigenvalue weighted by atomic mass is 10.2. The predicted octanol–water partition coefficient (Wildman–Crippen LogP) is 2.27. The van der Waals surface area contributed by atoms with Crippen molar-refractivity contribution in [1.82, 2.24) is 10.2 Å². The number of benzene rings is 1. The average molecular weight is 340 g/mol. The minimum atomic E-state index is -0.670. The fourth-order valence-corrected chi connectivity index (χ4v) is 2.04. The average Bonchev–Trinajstić information content (AvgIpc) is 2.52. The van der Waals surface area contributed by atoms with Crippen molar-refractivity contribution in [2.24, 2.45) is 5.73 Å². The zero-order valence-corrected chi connectivity index (χ0v) is 14.1. The van der Waals surface area contributed by atoms with E-state index in [1.807, 2.05) is 13.0 Å². The summed E-state index contributed by atoms with van der Waals surface area (Å²) in [4.78, 5) is 22.6. The molecule has 0 saturated heterocycles. The molecule has 0 spiro atoms. The van der Waals surface area contributed by atoms with E-state index < -0.39 is 5.91 Å². The number of primary amides is 1. The molecule has 0 aliphatic rings. The normalized spacial score (nSPS) is 10.0. The first-order valence-electron chi connectivity index (χ1n) is 7.55. The Balaban J connectivity index is 2.24. The van der Waals surface area contributed by atoms with Crippen molar-refractivity contribution in [2.45, 2.75) is 13.8 Å². The second kappa shape index (κ2) is 7.91. The molecule has 130 valence electrons. The van der Waals surface area contributed by atoms with E-state index in [2.05, 4.69) is 32.7 Å². The number of nitrogens with zero attached hydrogens (tertiary/aromatic N) is 2. The quantitative estimate of drug-likeness (QED) is 0.574. The highest BCUT2D eigenvalue weighted by atomic mass is 16.1. The van der Waals surface area contributed by atoms with Gasteiger partial charge in [-0.15, -0.1) is 10.2 Å². The number of amides is 2. The number of anilines is 4. The Morgan fingerprint density at radius 1 is 1.16 bits per heavy atom.